The lowest BCUT2D eigenvalue weighted by Crippen LogP contribution is -2.33. The van der Waals surface area contributed by atoms with Gasteiger partial charge in [-0.2, -0.15) is 11.8 Å². The summed E-state index contributed by atoms with van der Waals surface area (Å²) >= 11 is 7.98. The number of carbonyl (C=O) groups excluding carboxylic acids is 1. The van der Waals surface area contributed by atoms with Gasteiger partial charge < -0.3 is 10.6 Å². The number of carbonyl (C=O) groups is 1. The fraction of sp³-hybridized carbons (Fsp3) is 0.571. The highest BCUT2D eigenvalue weighted by molar-refractivity contribution is 7.99. The fourth-order valence-electron chi connectivity index (χ4n) is 2.41. The smallest absolute Gasteiger partial charge is 0.253 e. The molecule has 2 atom stereocenters. The van der Waals surface area contributed by atoms with Crippen LogP contribution >= 0.6 is 23.4 Å². The molecule has 1 aliphatic carbocycles. The van der Waals surface area contributed by atoms with Crippen LogP contribution in [0.4, 0.5) is 5.82 Å². The molecule has 0 saturated heterocycles. The summed E-state index contributed by atoms with van der Waals surface area (Å²) < 4.78 is 0. The van der Waals surface area contributed by atoms with Gasteiger partial charge in [0.25, 0.3) is 5.91 Å². The number of aromatic nitrogens is 1. The summed E-state index contributed by atoms with van der Waals surface area (Å²) in [5, 5.41) is 7.26. The summed E-state index contributed by atoms with van der Waals surface area (Å²) in [6.07, 6.45) is 6.96. The van der Waals surface area contributed by atoms with Crippen LogP contribution in [-0.2, 0) is 0 Å². The Morgan fingerprint density at radius 3 is 2.95 bits per heavy atom. The molecule has 2 unspecified atom stereocenters. The van der Waals surface area contributed by atoms with E-state index in [4.69, 9.17) is 11.6 Å². The van der Waals surface area contributed by atoms with Crippen molar-refractivity contribution in [1.29, 1.82) is 0 Å². The van der Waals surface area contributed by atoms with Crippen LogP contribution in [0.5, 0.6) is 0 Å². The second-order valence-corrected chi connectivity index (χ2v) is 6.47. The normalized spacial score (nSPS) is 21.8. The van der Waals surface area contributed by atoms with Crippen molar-refractivity contribution in [3.8, 4) is 0 Å². The third-order valence-electron chi connectivity index (χ3n) is 3.50. The van der Waals surface area contributed by atoms with Gasteiger partial charge in [-0.05, 0) is 38.5 Å². The van der Waals surface area contributed by atoms with Crippen molar-refractivity contribution < 1.29 is 4.79 Å². The molecule has 1 aromatic heterocycles. The van der Waals surface area contributed by atoms with E-state index in [9.17, 15) is 4.79 Å². The number of hydrogen-bond acceptors (Lipinski definition) is 4. The molecule has 0 bridgehead atoms. The van der Waals surface area contributed by atoms with Crippen LogP contribution < -0.4 is 10.6 Å². The molecular formula is C14H20ClN3OS. The SMILES string of the molecule is CCNc1ncc(C(=O)NC2CCC(SC)C2)cc1Cl. The molecule has 4 nitrogen and oxygen atoms in total. The highest BCUT2D eigenvalue weighted by Gasteiger charge is 2.25. The van der Waals surface area contributed by atoms with Gasteiger partial charge in [-0.25, -0.2) is 4.98 Å². The molecule has 0 radical (unpaired) electrons. The van der Waals surface area contributed by atoms with E-state index in [0.29, 0.717) is 21.7 Å². The van der Waals surface area contributed by atoms with Crippen LogP contribution in [0.2, 0.25) is 5.02 Å². The third kappa shape index (κ3) is 3.79. The van der Waals surface area contributed by atoms with Gasteiger partial charge in [0.05, 0.1) is 10.6 Å². The fourth-order valence-corrected chi connectivity index (χ4v) is 3.44. The molecule has 1 heterocycles. The molecule has 1 fully saturated rings. The second-order valence-electron chi connectivity index (χ2n) is 4.93. The minimum atomic E-state index is -0.0887. The molecule has 2 N–H and O–H groups in total. The Morgan fingerprint density at radius 2 is 2.35 bits per heavy atom. The van der Waals surface area contributed by atoms with E-state index in [0.717, 1.165) is 19.4 Å². The molecule has 110 valence electrons. The molecule has 0 aromatic carbocycles. The van der Waals surface area contributed by atoms with E-state index in [-0.39, 0.29) is 11.9 Å². The van der Waals surface area contributed by atoms with Crippen LogP contribution in [0.25, 0.3) is 0 Å². The zero-order valence-corrected chi connectivity index (χ0v) is 13.4. The Hall–Kier alpha value is -0.940. The van der Waals surface area contributed by atoms with Crippen LogP contribution in [0.1, 0.15) is 36.5 Å². The molecular weight excluding hydrogens is 294 g/mol. The summed E-state index contributed by atoms with van der Waals surface area (Å²) in [5.74, 6) is 0.531. The van der Waals surface area contributed by atoms with E-state index in [2.05, 4.69) is 21.9 Å². The van der Waals surface area contributed by atoms with Gasteiger partial charge in [-0.1, -0.05) is 11.6 Å². The van der Waals surface area contributed by atoms with E-state index in [1.165, 1.54) is 6.42 Å². The van der Waals surface area contributed by atoms with E-state index in [1.807, 2.05) is 18.7 Å². The van der Waals surface area contributed by atoms with Crippen molar-refractivity contribution in [3.63, 3.8) is 0 Å². The van der Waals surface area contributed by atoms with Gasteiger partial charge in [0.15, 0.2) is 0 Å². The molecule has 2 rings (SSSR count). The molecule has 1 amide bonds. The Labute approximate surface area is 129 Å². The Balaban J connectivity index is 1.97. The zero-order chi connectivity index (χ0) is 14.5. The number of rotatable bonds is 5. The third-order valence-corrected chi connectivity index (χ3v) is 4.88. The largest absolute Gasteiger partial charge is 0.369 e. The number of thioether (sulfide) groups is 1. The van der Waals surface area contributed by atoms with Gasteiger partial charge >= 0.3 is 0 Å². The van der Waals surface area contributed by atoms with Crippen LogP contribution in [-0.4, -0.2) is 35.0 Å². The monoisotopic (exact) mass is 313 g/mol. The molecule has 1 aromatic rings. The van der Waals surface area contributed by atoms with Crippen molar-refractivity contribution in [2.45, 2.75) is 37.5 Å². The van der Waals surface area contributed by atoms with E-state index < -0.39 is 0 Å². The molecule has 0 aliphatic heterocycles. The van der Waals surface area contributed by atoms with E-state index >= 15 is 0 Å². The predicted octanol–water partition coefficient (Wildman–Crippen LogP) is 3.18. The first-order valence-corrected chi connectivity index (χ1v) is 8.53. The molecule has 1 aliphatic rings. The lowest BCUT2D eigenvalue weighted by molar-refractivity contribution is 0.0937. The van der Waals surface area contributed by atoms with Crippen molar-refractivity contribution in [2.75, 3.05) is 18.1 Å². The van der Waals surface area contributed by atoms with Crippen molar-refractivity contribution in [2.24, 2.45) is 0 Å². The maximum Gasteiger partial charge on any atom is 0.253 e. The van der Waals surface area contributed by atoms with Gasteiger partial charge in [-0.15, -0.1) is 0 Å². The van der Waals surface area contributed by atoms with Gasteiger partial charge in [-0.3, -0.25) is 4.79 Å². The Bertz CT molecular complexity index is 483. The minimum absolute atomic E-state index is 0.0887. The summed E-state index contributed by atoms with van der Waals surface area (Å²) in [7, 11) is 0. The van der Waals surface area contributed by atoms with Gasteiger partial charge in [0.1, 0.15) is 5.82 Å². The van der Waals surface area contributed by atoms with Crippen molar-refractivity contribution in [3.05, 3.63) is 22.8 Å². The quantitative estimate of drug-likeness (QED) is 0.876. The number of nitrogens with zero attached hydrogens (tertiary/aromatic N) is 1. The Kier molecular flexibility index (Phi) is 5.54. The zero-order valence-electron chi connectivity index (χ0n) is 11.8. The van der Waals surface area contributed by atoms with Gasteiger partial charge in [0, 0.05) is 24.0 Å². The second kappa shape index (κ2) is 7.18. The number of nitrogens with one attached hydrogen (secondary N) is 2. The first-order valence-electron chi connectivity index (χ1n) is 6.87. The van der Waals surface area contributed by atoms with Crippen LogP contribution in [0.3, 0.4) is 0 Å². The highest BCUT2D eigenvalue weighted by atomic mass is 35.5. The summed E-state index contributed by atoms with van der Waals surface area (Å²) in [4.78, 5) is 16.4. The molecule has 1 saturated carbocycles. The number of amides is 1. The molecule has 6 heteroatoms. The topological polar surface area (TPSA) is 54.0 Å². The average Bonchev–Trinajstić information content (AvgIpc) is 2.89. The first kappa shape index (κ1) is 15.4. The molecule has 20 heavy (non-hydrogen) atoms. The number of pyridine rings is 1. The number of hydrogen-bond donors (Lipinski definition) is 2. The summed E-state index contributed by atoms with van der Waals surface area (Å²) in [6, 6.07) is 1.94. The highest BCUT2D eigenvalue weighted by Crippen LogP contribution is 2.28. The van der Waals surface area contributed by atoms with E-state index in [1.54, 1.807) is 12.3 Å². The number of halogens is 1. The standard InChI is InChI=1S/C14H20ClN3OS/c1-3-16-13-12(15)6-9(8-17-13)14(19)18-10-4-5-11(7-10)20-2/h6,8,10-11H,3-5,7H2,1-2H3,(H,16,17)(H,18,19). The number of anilines is 1. The van der Waals surface area contributed by atoms with Gasteiger partial charge in [0.2, 0.25) is 0 Å². The minimum Gasteiger partial charge on any atom is -0.369 e. The molecule has 0 spiro atoms. The first-order chi connectivity index (χ1) is 9.63. The van der Waals surface area contributed by atoms with Crippen LogP contribution in [0, 0.1) is 0 Å². The van der Waals surface area contributed by atoms with Crippen molar-refractivity contribution >= 4 is 35.1 Å². The van der Waals surface area contributed by atoms with Crippen molar-refractivity contribution in [1.82, 2.24) is 10.3 Å². The maximum absolute atomic E-state index is 12.2. The Morgan fingerprint density at radius 1 is 1.55 bits per heavy atom. The summed E-state index contributed by atoms with van der Waals surface area (Å²) in [6.45, 7) is 2.72. The average molecular weight is 314 g/mol. The van der Waals surface area contributed by atoms with Crippen LogP contribution in [0.15, 0.2) is 12.3 Å². The summed E-state index contributed by atoms with van der Waals surface area (Å²) in [5.41, 5.74) is 0.518. The lowest BCUT2D eigenvalue weighted by atomic mass is 10.2. The predicted molar refractivity (Wildman–Crippen MR) is 85.8 cm³/mol. The maximum atomic E-state index is 12.2. The lowest BCUT2D eigenvalue weighted by Gasteiger charge is -2.13.